The van der Waals surface area contributed by atoms with Gasteiger partial charge in [-0.3, -0.25) is 9.59 Å². The van der Waals surface area contributed by atoms with Crippen LogP contribution in [0, 0.1) is 0 Å². The Morgan fingerprint density at radius 3 is 2.68 bits per heavy atom. The molecule has 1 aliphatic heterocycles. The van der Waals surface area contributed by atoms with Gasteiger partial charge >= 0.3 is 0 Å². The van der Waals surface area contributed by atoms with Crippen molar-refractivity contribution in [3.8, 4) is 0 Å². The molecule has 120 valence electrons. The summed E-state index contributed by atoms with van der Waals surface area (Å²) in [5, 5.41) is 8.82. The third-order valence-corrected chi connectivity index (χ3v) is 4.09. The number of carbonyl (C=O) groups excluding carboxylic acids is 2. The van der Waals surface area contributed by atoms with Gasteiger partial charge in [0.15, 0.2) is 0 Å². The fraction of sp³-hybridized carbons (Fsp3) is 0.529. The number of amides is 2. The van der Waals surface area contributed by atoms with Crippen LogP contribution < -0.4 is 16.0 Å². The molecule has 0 spiro atoms. The maximum Gasteiger partial charge on any atom is 0.251 e. The number of piperidine rings is 1. The molecule has 3 N–H and O–H groups in total. The average molecular weight is 303 g/mol. The lowest BCUT2D eigenvalue weighted by Crippen LogP contribution is -2.28. The first-order valence-electron chi connectivity index (χ1n) is 8.00. The van der Waals surface area contributed by atoms with E-state index in [0.717, 1.165) is 13.1 Å². The molecule has 1 aromatic carbocycles. The molecule has 0 unspecified atom stereocenters. The molecule has 1 aromatic rings. The number of nitrogens with one attached hydrogen (secondary N) is 3. The van der Waals surface area contributed by atoms with E-state index < -0.39 is 0 Å². The highest BCUT2D eigenvalue weighted by atomic mass is 16.2. The second-order valence-corrected chi connectivity index (χ2v) is 5.70. The fourth-order valence-electron chi connectivity index (χ4n) is 2.72. The maximum absolute atomic E-state index is 12.0. The minimum Gasteiger partial charge on any atom is -0.359 e. The third kappa shape index (κ3) is 4.84. The molecule has 22 heavy (non-hydrogen) atoms. The van der Waals surface area contributed by atoms with Crippen LogP contribution in [0.25, 0.3) is 0 Å². The number of hydrogen-bond acceptors (Lipinski definition) is 3. The summed E-state index contributed by atoms with van der Waals surface area (Å²) in [5.41, 5.74) is 1.97. The Hall–Kier alpha value is -1.88. The van der Waals surface area contributed by atoms with Crippen LogP contribution >= 0.6 is 0 Å². The van der Waals surface area contributed by atoms with Crippen molar-refractivity contribution < 1.29 is 9.59 Å². The van der Waals surface area contributed by atoms with Crippen LogP contribution in [0.5, 0.6) is 0 Å². The fourth-order valence-corrected chi connectivity index (χ4v) is 2.72. The maximum atomic E-state index is 12.0. The molecular weight excluding hydrogens is 278 g/mol. The predicted molar refractivity (Wildman–Crippen MR) is 86.9 cm³/mol. The molecule has 0 bridgehead atoms. The lowest BCUT2D eigenvalue weighted by molar-refractivity contribution is -0.120. The summed E-state index contributed by atoms with van der Waals surface area (Å²) in [5.74, 6) is 0.475. The van der Waals surface area contributed by atoms with E-state index in [4.69, 9.17) is 0 Å². The Bertz CT molecular complexity index is 493. The number of rotatable bonds is 6. The molecule has 0 aliphatic carbocycles. The molecule has 5 nitrogen and oxygen atoms in total. The van der Waals surface area contributed by atoms with Crippen molar-refractivity contribution in [3.05, 3.63) is 35.4 Å². The molecular formula is C17H25N3O2. The van der Waals surface area contributed by atoms with Gasteiger partial charge in [0.2, 0.25) is 5.91 Å². The van der Waals surface area contributed by atoms with E-state index in [-0.39, 0.29) is 11.8 Å². The first kappa shape index (κ1) is 16.5. The van der Waals surface area contributed by atoms with Gasteiger partial charge in [-0.15, -0.1) is 0 Å². The largest absolute Gasteiger partial charge is 0.359 e. The van der Waals surface area contributed by atoms with Gasteiger partial charge < -0.3 is 16.0 Å². The molecule has 0 saturated carbocycles. The lowest BCUT2D eigenvalue weighted by atomic mass is 9.91. The Morgan fingerprint density at radius 2 is 2.05 bits per heavy atom. The van der Waals surface area contributed by atoms with E-state index in [2.05, 4.69) is 28.1 Å². The van der Waals surface area contributed by atoms with Crippen molar-refractivity contribution in [2.24, 2.45) is 0 Å². The number of carbonyl (C=O) groups is 2. The quantitative estimate of drug-likeness (QED) is 0.696. The van der Waals surface area contributed by atoms with Crippen LogP contribution in [-0.2, 0) is 4.79 Å². The Labute approximate surface area is 131 Å². The zero-order valence-electron chi connectivity index (χ0n) is 13.2. The average Bonchev–Trinajstić information content (AvgIpc) is 2.59. The highest BCUT2D eigenvalue weighted by molar-refractivity contribution is 5.94. The summed E-state index contributed by atoms with van der Waals surface area (Å²) < 4.78 is 0. The summed E-state index contributed by atoms with van der Waals surface area (Å²) in [6, 6.07) is 7.88. The zero-order valence-corrected chi connectivity index (χ0v) is 13.2. The van der Waals surface area contributed by atoms with E-state index in [1.54, 1.807) is 7.05 Å². The SMILES string of the molecule is CNC(=O)CCCNC(=O)c1ccc([C@H]2CCCNC2)cc1. The third-order valence-electron chi connectivity index (χ3n) is 4.09. The highest BCUT2D eigenvalue weighted by Crippen LogP contribution is 2.23. The van der Waals surface area contributed by atoms with Crippen molar-refractivity contribution >= 4 is 11.8 Å². The van der Waals surface area contributed by atoms with Crippen molar-refractivity contribution in [1.29, 1.82) is 0 Å². The van der Waals surface area contributed by atoms with Crippen LogP contribution in [-0.4, -0.2) is 38.5 Å². The van der Waals surface area contributed by atoms with Crippen LogP contribution in [0.3, 0.4) is 0 Å². The van der Waals surface area contributed by atoms with Crippen LogP contribution in [0.1, 0.15) is 47.5 Å². The molecule has 2 amide bonds. The van der Waals surface area contributed by atoms with Gasteiger partial charge in [0, 0.05) is 32.1 Å². The molecule has 5 heteroatoms. The second kappa shape index (κ2) is 8.54. The van der Waals surface area contributed by atoms with Gasteiger partial charge in [-0.1, -0.05) is 12.1 Å². The van der Waals surface area contributed by atoms with E-state index in [1.165, 1.54) is 18.4 Å². The molecule has 2 rings (SSSR count). The van der Waals surface area contributed by atoms with E-state index in [9.17, 15) is 9.59 Å². The first-order chi connectivity index (χ1) is 10.7. The standard InChI is InChI=1S/C17H25N3O2/c1-18-16(21)5-3-11-20-17(22)14-8-6-13(7-9-14)15-4-2-10-19-12-15/h6-9,15,19H,2-5,10-12H2,1H3,(H,18,21)(H,20,22)/t15-/m0/s1. The monoisotopic (exact) mass is 303 g/mol. The second-order valence-electron chi connectivity index (χ2n) is 5.70. The highest BCUT2D eigenvalue weighted by Gasteiger charge is 2.15. The molecule has 0 radical (unpaired) electrons. The molecule has 1 atom stereocenters. The van der Waals surface area contributed by atoms with E-state index in [1.807, 2.05) is 12.1 Å². The van der Waals surface area contributed by atoms with Crippen molar-refractivity contribution in [2.45, 2.75) is 31.6 Å². The number of benzene rings is 1. The van der Waals surface area contributed by atoms with Gasteiger partial charge in [0.05, 0.1) is 0 Å². The van der Waals surface area contributed by atoms with Crippen LogP contribution in [0.4, 0.5) is 0 Å². The predicted octanol–water partition coefficient (Wildman–Crippen LogP) is 1.41. The molecule has 1 fully saturated rings. The van der Waals surface area contributed by atoms with E-state index >= 15 is 0 Å². The van der Waals surface area contributed by atoms with Crippen molar-refractivity contribution in [3.63, 3.8) is 0 Å². The summed E-state index contributed by atoms with van der Waals surface area (Å²) >= 11 is 0. The Balaban J connectivity index is 1.79. The molecule has 1 saturated heterocycles. The van der Waals surface area contributed by atoms with Crippen molar-refractivity contribution in [2.75, 3.05) is 26.7 Å². The smallest absolute Gasteiger partial charge is 0.251 e. The first-order valence-corrected chi connectivity index (χ1v) is 8.00. The van der Waals surface area contributed by atoms with E-state index in [0.29, 0.717) is 30.9 Å². The normalized spacial score (nSPS) is 17.8. The van der Waals surface area contributed by atoms with Gasteiger partial charge in [0.25, 0.3) is 5.91 Å². The lowest BCUT2D eigenvalue weighted by Gasteiger charge is -2.23. The number of hydrogen-bond donors (Lipinski definition) is 3. The summed E-state index contributed by atoms with van der Waals surface area (Å²) in [6.07, 6.45) is 3.50. The van der Waals surface area contributed by atoms with Gasteiger partial charge in [-0.25, -0.2) is 0 Å². The van der Waals surface area contributed by atoms with Gasteiger partial charge in [-0.05, 0) is 49.4 Å². The summed E-state index contributed by atoms with van der Waals surface area (Å²) in [4.78, 5) is 23.1. The van der Waals surface area contributed by atoms with Crippen molar-refractivity contribution in [1.82, 2.24) is 16.0 Å². The van der Waals surface area contributed by atoms with Crippen LogP contribution in [0.15, 0.2) is 24.3 Å². The molecule has 0 aromatic heterocycles. The molecule has 1 aliphatic rings. The minimum atomic E-state index is -0.0785. The summed E-state index contributed by atoms with van der Waals surface area (Å²) in [6.45, 7) is 2.64. The summed E-state index contributed by atoms with van der Waals surface area (Å²) in [7, 11) is 1.62. The Kier molecular flexibility index (Phi) is 6.40. The topological polar surface area (TPSA) is 70.2 Å². The van der Waals surface area contributed by atoms with Gasteiger partial charge in [-0.2, -0.15) is 0 Å². The minimum absolute atomic E-state index is 0.000284. The van der Waals surface area contributed by atoms with Gasteiger partial charge in [0.1, 0.15) is 0 Å². The van der Waals surface area contributed by atoms with Crippen LogP contribution in [0.2, 0.25) is 0 Å². The zero-order chi connectivity index (χ0) is 15.8. The Morgan fingerprint density at radius 1 is 1.27 bits per heavy atom. The molecule has 1 heterocycles.